The summed E-state index contributed by atoms with van der Waals surface area (Å²) < 4.78 is 0. The second-order valence-electron chi connectivity index (χ2n) is 5.80. The Labute approximate surface area is 100.0 Å². The van der Waals surface area contributed by atoms with Crippen molar-refractivity contribution in [2.45, 2.75) is 50.1 Å². The SMILES string of the molecule is CN1CCCC(N(C)C2(CN)CCCC2)C1. The first kappa shape index (κ1) is 12.3. The maximum Gasteiger partial charge on any atom is 0.0332 e. The van der Waals surface area contributed by atoms with Gasteiger partial charge < -0.3 is 10.6 Å². The minimum absolute atomic E-state index is 0.322. The van der Waals surface area contributed by atoms with E-state index in [0.717, 1.165) is 12.6 Å². The molecule has 0 aromatic carbocycles. The quantitative estimate of drug-likeness (QED) is 0.785. The van der Waals surface area contributed by atoms with Crippen molar-refractivity contribution < 1.29 is 0 Å². The average molecular weight is 225 g/mol. The number of rotatable bonds is 3. The van der Waals surface area contributed by atoms with Crippen molar-refractivity contribution in [3.63, 3.8) is 0 Å². The molecule has 0 bridgehead atoms. The van der Waals surface area contributed by atoms with Crippen LogP contribution in [0.4, 0.5) is 0 Å². The molecule has 1 saturated carbocycles. The van der Waals surface area contributed by atoms with E-state index in [9.17, 15) is 0 Å². The van der Waals surface area contributed by atoms with Crippen molar-refractivity contribution in [2.75, 3.05) is 33.7 Å². The van der Waals surface area contributed by atoms with Crippen LogP contribution >= 0.6 is 0 Å². The first-order chi connectivity index (χ1) is 7.68. The molecule has 0 amide bonds. The highest BCUT2D eigenvalue weighted by Gasteiger charge is 2.40. The molecule has 3 heteroatoms. The van der Waals surface area contributed by atoms with Gasteiger partial charge >= 0.3 is 0 Å². The number of nitrogens with zero attached hydrogens (tertiary/aromatic N) is 2. The summed E-state index contributed by atoms with van der Waals surface area (Å²) in [5.41, 5.74) is 6.38. The Morgan fingerprint density at radius 3 is 2.56 bits per heavy atom. The predicted molar refractivity (Wildman–Crippen MR) is 68.5 cm³/mol. The lowest BCUT2D eigenvalue weighted by Crippen LogP contribution is -2.57. The van der Waals surface area contributed by atoms with Crippen molar-refractivity contribution in [3.05, 3.63) is 0 Å². The van der Waals surface area contributed by atoms with Crippen LogP contribution in [0.25, 0.3) is 0 Å². The fourth-order valence-corrected chi connectivity index (χ4v) is 3.58. The Kier molecular flexibility index (Phi) is 3.88. The molecule has 0 aromatic rings. The molecule has 1 saturated heterocycles. The van der Waals surface area contributed by atoms with Crippen LogP contribution in [0.2, 0.25) is 0 Å². The van der Waals surface area contributed by atoms with E-state index in [-0.39, 0.29) is 0 Å². The van der Waals surface area contributed by atoms with E-state index in [4.69, 9.17) is 5.73 Å². The number of likely N-dealkylation sites (N-methyl/N-ethyl adjacent to an activating group) is 2. The fourth-order valence-electron chi connectivity index (χ4n) is 3.58. The smallest absolute Gasteiger partial charge is 0.0332 e. The highest BCUT2D eigenvalue weighted by molar-refractivity contribution is 4.98. The van der Waals surface area contributed by atoms with Crippen molar-refractivity contribution >= 4 is 0 Å². The second-order valence-corrected chi connectivity index (χ2v) is 5.80. The molecule has 94 valence electrons. The highest BCUT2D eigenvalue weighted by atomic mass is 15.3. The summed E-state index contributed by atoms with van der Waals surface area (Å²) in [6.07, 6.45) is 8.03. The molecular weight excluding hydrogens is 198 g/mol. The van der Waals surface area contributed by atoms with Crippen molar-refractivity contribution in [1.29, 1.82) is 0 Å². The third kappa shape index (κ3) is 2.27. The number of hydrogen-bond donors (Lipinski definition) is 1. The van der Waals surface area contributed by atoms with Crippen LogP contribution < -0.4 is 5.73 Å². The summed E-state index contributed by atoms with van der Waals surface area (Å²) in [6, 6.07) is 0.723. The summed E-state index contributed by atoms with van der Waals surface area (Å²) in [5.74, 6) is 0. The van der Waals surface area contributed by atoms with E-state index in [2.05, 4.69) is 23.9 Å². The topological polar surface area (TPSA) is 32.5 Å². The van der Waals surface area contributed by atoms with Gasteiger partial charge in [-0.3, -0.25) is 4.90 Å². The van der Waals surface area contributed by atoms with Gasteiger partial charge in [0.05, 0.1) is 0 Å². The van der Waals surface area contributed by atoms with Gasteiger partial charge in [-0.2, -0.15) is 0 Å². The van der Waals surface area contributed by atoms with Gasteiger partial charge in [0.25, 0.3) is 0 Å². The number of piperidine rings is 1. The normalized spacial score (nSPS) is 31.1. The minimum atomic E-state index is 0.322. The summed E-state index contributed by atoms with van der Waals surface area (Å²) in [7, 11) is 4.55. The van der Waals surface area contributed by atoms with Gasteiger partial charge in [0.15, 0.2) is 0 Å². The molecule has 1 unspecified atom stereocenters. The first-order valence-corrected chi connectivity index (χ1v) is 6.79. The van der Waals surface area contributed by atoms with Crippen molar-refractivity contribution in [1.82, 2.24) is 9.80 Å². The summed E-state index contributed by atoms with van der Waals surface area (Å²) in [6.45, 7) is 3.32. The van der Waals surface area contributed by atoms with Crippen LogP contribution in [-0.4, -0.2) is 55.1 Å². The van der Waals surface area contributed by atoms with Crippen LogP contribution in [0.5, 0.6) is 0 Å². The lowest BCUT2D eigenvalue weighted by molar-refractivity contribution is 0.0418. The fraction of sp³-hybridized carbons (Fsp3) is 1.00. The van der Waals surface area contributed by atoms with Crippen molar-refractivity contribution in [3.8, 4) is 0 Å². The largest absolute Gasteiger partial charge is 0.329 e. The van der Waals surface area contributed by atoms with Gasteiger partial charge in [-0.15, -0.1) is 0 Å². The van der Waals surface area contributed by atoms with Gasteiger partial charge in [0.2, 0.25) is 0 Å². The molecule has 1 atom stereocenters. The molecule has 2 aliphatic rings. The minimum Gasteiger partial charge on any atom is -0.329 e. The standard InChI is InChI=1S/C13H27N3/c1-15-9-5-6-12(10-15)16(2)13(11-14)7-3-4-8-13/h12H,3-11,14H2,1-2H3. The van der Waals surface area contributed by atoms with E-state index in [1.54, 1.807) is 0 Å². The third-order valence-corrected chi connectivity index (χ3v) is 4.81. The van der Waals surface area contributed by atoms with Gasteiger partial charge in [-0.1, -0.05) is 12.8 Å². The molecule has 1 aliphatic heterocycles. The van der Waals surface area contributed by atoms with E-state index in [1.807, 2.05) is 0 Å². The summed E-state index contributed by atoms with van der Waals surface area (Å²) in [5, 5.41) is 0. The van der Waals surface area contributed by atoms with E-state index >= 15 is 0 Å². The zero-order valence-electron chi connectivity index (χ0n) is 10.9. The maximum absolute atomic E-state index is 6.06. The summed E-state index contributed by atoms with van der Waals surface area (Å²) >= 11 is 0. The lowest BCUT2D eigenvalue weighted by atomic mass is 9.91. The molecule has 3 nitrogen and oxygen atoms in total. The Morgan fingerprint density at radius 2 is 2.00 bits per heavy atom. The Balaban J connectivity index is 2.01. The van der Waals surface area contributed by atoms with Crippen molar-refractivity contribution in [2.24, 2.45) is 5.73 Å². The Hall–Kier alpha value is -0.120. The lowest BCUT2D eigenvalue weighted by Gasteiger charge is -2.46. The molecule has 16 heavy (non-hydrogen) atoms. The van der Waals surface area contributed by atoms with Crippen LogP contribution in [0.3, 0.4) is 0 Å². The second kappa shape index (κ2) is 5.03. The van der Waals surface area contributed by atoms with Gasteiger partial charge in [0.1, 0.15) is 0 Å². The van der Waals surface area contributed by atoms with Crippen LogP contribution in [-0.2, 0) is 0 Å². The molecule has 0 spiro atoms. The average Bonchev–Trinajstić information content (AvgIpc) is 2.78. The molecule has 0 radical (unpaired) electrons. The zero-order chi connectivity index (χ0) is 11.6. The molecule has 2 N–H and O–H groups in total. The van der Waals surface area contributed by atoms with Gasteiger partial charge in [-0.05, 0) is 46.3 Å². The van der Waals surface area contributed by atoms with Gasteiger partial charge in [-0.25, -0.2) is 0 Å². The van der Waals surface area contributed by atoms with Crippen LogP contribution in [0.15, 0.2) is 0 Å². The zero-order valence-corrected chi connectivity index (χ0v) is 10.9. The summed E-state index contributed by atoms with van der Waals surface area (Å²) in [4.78, 5) is 5.08. The van der Waals surface area contributed by atoms with Crippen LogP contribution in [0.1, 0.15) is 38.5 Å². The number of likely N-dealkylation sites (tertiary alicyclic amines) is 1. The molecule has 1 heterocycles. The monoisotopic (exact) mass is 225 g/mol. The Morgan fingerprint density at radius 1 is 1.31 bits per heavy atom. The van der Waals surface area contributed by atoms with E-state index in [1.165, 1.54) is 51.6 Å². The predicted octanol–water partition coefficient (Wildman–Crippen LogP) is 1.28. The first-order valence-electron chi connectivity index (χ1n) is 6.79. The van der Waals surface area contributed by atoms with Crippen LogP contribution in [0, 0.1) is 0 Å². The van der Waals surface area contributed by atoms with E-state index < -0.39 is 0 Å². The number of hydrogen-bond acceptors (Lipinski definition) is 3. The van der Waals surface area contributed by atoms with Gasteiger partial charge in [0, 0.05) is 24.7 Å². The third-order valence-electron chi connectivity index (χ3n) is 4.81. The molecular formula is C13H27N3. The molecule has 2 fully saturated rings. The Bertz CT molecular complexity index is 223. The highest BCUT2D eigenvalue weighted by Crippen LogP contribution is 2.36. The molecule has 1 aliphatic carbocycles. The number of nitrogens with two attached hydrogens (primary N) is 1. The maximum atomic E-state index is 6.06. The van der Waals surface area contributed by atoms with E-state index in [0.29, 0.717) is 5.54 Å². The molecule has 0 aromatic heterocycles. The molecule has 2 rings (SSSR count).